The second-order valence-corrected chi connectivity index (χ2v) is 7.47. The lowest BCUT2D eigenvalue weighted by Crippen LogP contribution is -2.56. The first-order chi connectivity index (χ1) is 13.5. The van der Waals surface area contributed by atoms with E-state index in [1.165, 1.54) is 12.4 Å². The van der Waals surface area contributed by atoms with E-state index in [9.17, 15) is 18.0 Å². The molecule has 0 unspecified atom stereocenters. The van der Waals surface area contributed by atoms with E-state index in [4.69, 9.17) is 17.3 Å². The average molecular weight is 426 g/mol. The van der Waals surface area contributed by atoms with Gasteiger partial charge in [-0.3, -0.25) is 9.78 Å². The van der Waals surface area contributed by atoms with Gasteiger partial charge in [-0.15, -0.1) is 0 Å². The molecule has 4 N–H and O–H groups in total. The highest BCUT2D eigenvalue weighted by atomic mass is 35.5. The van der Waals surface area contributed by atoms with E-state index in [1.54, 1.807) is 38.4 Å². The number of alkyl halides is 3. The van der Waals surface area contributed by atoms with E-state index in [-0.39, 0.29) is 0 Å². The number of H-pyrrole nitrogens is 1. The maximum atomic E-state index is 12.6. The molecule has 29 heavy (non-hydrogen) atoms. The SMILES string of the molecule is CC(C)[C@@](N)(C(=O)NCC(F)(F)F)c1cncc(-c2c[nH]c3ncc(Cl)cc23)c1. The molecule has 0 fully saturated rings. The number of nitrogens with two attached hydrogens (primary N) is 1. The molecule has 0 bridgehead atoms. The molecule has 1 amide bonds. The van der Waals surface area contributed by atoms with Gasteiger partial charge in [0.1, 0.15) is 17.7 Å². The van der Waals surface area contributed by atoms with Crippen LogP contribution in [0.5, 0.6) is 0 Å². The third-order valence-electron chi connectivity index (χ3n) is 4.76. The fourth-order valence-corrected chi connectivity index (χ4v) is 3.24. The summed E-state index contributed by atoms with van der Waals surface area (Å²) < 4.78 is 37.7. The first-order valence-electron chi connectivity index (χ1n) is 8.75. The lowest BCUT2D eigenvalue weighted by Gasteiger charge is -2.32. The molecule has 0 aliphatic rings. The van der Waals surface area contributed by atoms with Gasteiger partial charge in [0.15, 0.2) is 0 Å². The van der Waals surface area contributed by atoms with Gasteiger partial charge in [-0.25, -0.2) is 4.98 Å². The number of nitrogens with one attached hydrogen (secondary N) is 2. The molecular weight excluding hydrogens is 407 g/mol. The van der Waals surface area contributed by atoms with Crippen LogP contribution in [0.2, 0.25) is 5.02 Å². The number of carbonyl (C=O) groups excluding carboxylic acids is 1. The Morgan fingerprint density at radius 2 is 2.00 bits per heavy atom. The molecule has 0 aromatic carbocycles. The van der Waals surface area contributed by atoms with Crippen molar-refractivity contribution in [3.63, 3.8) is 0 Å². The van der Waals surface area contributed by atoms with Crippen LogP contribution < -0.4 is 11.1 Å². The van der Waals surface area contributed by atoms with Crippen molar-refractivity contribution in [3.8, 4) is 11.1 Å². The number of fused-ring (bicyclic) bond motifs is 1. The Labute approximate surface area is 169 Å². The van der Waals surface area contributed by atoms with Crippen LogP contribution in [-0.4, -0.2) is 33.6 Å². The summed E-state index contributed by atoms with van der Waals surface area (Å²) >= 11 is 6.04. The van der Waals surface area contributed by atoms with Gasteiger partial charge in [0.25, 0.3) is 0 Å². The topological polar surface area (TPSA) is 96.7 Å². The molecule has 0 aliphatic heterocycles. The molecular formula is C19H19ClF3N5O. The molecule has 0 radical (unpaired) electrons. The molecule has 0 spiro atoms. The van der Waals surface area contributed by atoms with Gasteiger partial charge < -0.3 is 16.0 Å². The van der Waals surface area contributed by atoms with Gasteiger partial charge in [-0.05, 0) is 18.1 Å². The van der Waals surface area contributed by atoms with Gasteiger partial charge in [0, 0.05) is 46.9 Å². The van der Waals surface area contributed by atoms with Crippen LogP contribution in [0.15, 0.2) is 36.9 Å². The smallest absolute Gasteiger partial charge is 0.346 e. The van der Waals surface area contributed by atoms with Crippen molar-refractivity contribution in [2.75, 3.05) is 6.54 Å². The zero-order valence-electron chi connectivity index (χ0n) is 15.6. The van der Waals surface area contributed by atoms with Gasteiger partial charge in [0.05, 0.1) is 5.02 Å². The number of aromatic nitrogens is 3. The maximum absolute atomic E-state index is 12.6. The Bertz CT molecular complexity index is 1050. The fraction of sp³-hybridized carbons (Fsp3) is 0.316. The molecule has 0 aliphatic carbocycles. The Morgan fingerprint density at radius 3 is 2.66 bits per heavy atom. The highest BCUT2D eigenvalue weighted by molar-refractivity contribution is 6.31. The van der Waals surface area contributed by atoms with E-state index >= 15 is 0 Å². The van der Waals surface area contributed by atoms with Gasteiger partial charge in [0.2, 0.25) is 5.91 Å². The van der Waals surface area contributed by atoms with Crippen LogP contribution in [0, 0.1) is 5.92 Å². The molecule has 3 aromatic heterocycles. The maximum Gasteiger partial charge on any atom is 0.405 e. The number of aromatic amines is 1. The predicted octanol–water partition coefficient (Wildman–Crippen LogP) is 3.77. The van der Waals surface area contributed by atoms with Crippen molar-refractivity contribution in [2.45, 2.75) is 25.6 Å². The first kappa shape index (κ1) is 21.1. The lowest BCUT2D eigenvalue weighted by molar-refractivity contribution is -0.143. The molecule has 6 nitrogen and oxygen atoms in total. The van der Waals surface area contributed by atoms with E-state index in [1.807, 2.05) is 5.32 Å². The van der Waals surface area contributed by atoms with E-state index in [0.29, 0.717) is 21.8 Å². The molecule has 0 saturated heterocycles. The second-order valence-electron chi connectivity index (χ2n) is 7.04. The van der Waals surface area contributed by atoms with Crippen molar-refractivity contribution in [1.29, 1.82) is 0 Å². The van der Waals surface area contributed by atoms with Gasteiger partial charge in [-0.1, -0.05) is 25.4 Å². The van der Waals surface area contributed by atoms with Crippen molar-refractivity contribution in [3.05, 3.63) is 47.5 Å². The zero-order chi connectivity index (χ0) is 21.4. The summed E-state index contributed by atoms with van der Waals surface area (Å²) in [5.41, 5.74) is 6.90. The summed E-state index contributed by atoms with van der Waals surface area (Å²) in [7, 11) is 0. The summed E-state index contributed by atoms with van der Waals surface area (Å²) in [4.78, 5) is 24.0. The van der Waals surface area contributed by atoms with Gasteiger partial charge in [-0.2, -0.15) is 13.2 Å². The molecule has 10 heteroatoms. The highest BCUT2D eigenvalue weighted by Gasteiger charge is 2.41. The quantitative estimate of drug-likeness (QED) is 0.579. The van der Waals surface area contributed by atoms with Crippen molar-refractivity contribution in [1.82, 2.24) is 20.3 Å². The van der Waals surface area contributed by atoms with Crippen LogP contribution in [0.25, 0.3) is 22.2 Å². The van der Waals surface area contributed by atoms with Crippen LogP contribution in [0.1, 0.15) is 19.4 Å². The predicted molar refractivity (Wildman–Crippen MR) is 104 cm³/mol. The summed E-state index contributed by atoms with van der Waals surface area (Å²) in [5.74, 6) is -1.42. The summed E-state index contributed by atoms with van der Waals surface area (Å²) in [6, 6.07) is 3.38. The average Bonchev–Trinajstić information content (AvgIpc) is 3.07. The number of amides is 1. The summed E-state index contributed by atoms with van der Waals surface area (Å²) in [6.45, 7) is 1.86. The van der Waals surface area contributed by atoms with Crippen molar-refractivity contribution < 1.29 is 18.0 Å². The van der Waals surface area contributed by atoms with Crippen LogP contribution >= 0.6 is 11.6 Å². The number of hydrogen-bond acceptors (Lipinski definition) is 4. The van der Waals surface area contributed by atoms with Crippen LogP contribution in [0.3, 0.4) is 0 Å². The van der Waals surface area contributed by atoms with Crippen LogP contribution in [0.4, 0.5) is 13.2 Å². The number of rotatable bonds is 5. The Morgan fingerprint density at radius 1 is 1.28 bits per heavy atom. The highest BCUT2D eigenvalue weighted by Crippen LogP contribution is 2.33. The molecule has 3 heterocycles. The molecule has 1 atom stereocenters. The third-order valence-corrected chi connectivity index (χ3v) is 4.97. The molecule has 154 valence electrons. The Hall–Kier alpha value is -2.65. The fourth-order valence-electron chi connectivity index (χ4n) is 3.08. The number of nitrogens with zero attached hydrogens (tertiary/aromatic N) is 2. The van der Waals surface area contributed by atoms with E-state index < -0.39 is 30.1 Å². The lowest BCUT2D eigenvalue weighted by atomic mass is 9.80. The van der Waals surface area contributed by atoms with Gasteiger partial charge >= 0.3 is 6.18 Å². The third kappa shape index (κ3) is 4.20. The largest absolute Gasteiger partial charge is 0.405 e. The normalized spacial score (nSPS) is 14.2. The van der Waals surface area contributed by atoms with E-state index in [0.717, 1.165) is 10.9 Å². The number of pyridine rings is 2. The van der Waals surface area contributed by atoms with Crippen LogP contribution in [-0.2, 0) is 10.3 Å². The van der Waals surface area contributed by atoms with Crippen molar-refractivity contribution >= 4 is 28.5 Å². The molecule has 0 saturated carbocycles. The number of halogens is 4. The minimum Gasteiger partial charge on any atom is -0.346 e. The van der Waals surface area contributed by atoms with E-state index in [2.05, 4.69) is 15.0 Å². The minimum absolute atomic E-state index is 0.300. The summed E-state index contributed by atoms with van der Waals surface area (Å²) in [6.07, 6.45) is 1.64. The number of carbonyl (C=O) groups is 1. The summed E-state index contributed by atoms with van der Waals surface area (Å²) in [5, 5.41) is 3.07. The standard InChI is InChI=1S/C19H19ClF3N5O/c1-10(2)19(24,17(29)28-9-18(21,22)23)12-3-11(5-25-6-12)15-8-27-16-14(15)4-13(20)7-26-16/h3-8,10H,9,24H2,1-2H3,(H,26,27)(H,28,29)/t19-/m0/s1. The molecule has 3 aromatic rings. The monoisotopic (exact) mass is 425 g/mol. The second kappa shape index (κ2) is 7.64. The zero-order valence-corrected chi connectivity index (χ0v) is 16.4. The first-order valence-corrected chi connectivity index (χ1v) is 9.12. The Kier molecular flexibility index (Phi) is 5.55. The molecule has 3 rings (SSSR count). The number of hydrogen-bond donors (Lipinski definition) is 3. The van der Waals surface area contributed by atoms with Crippen molar-refractivity contribution in [2.24, 2.45) is 11.7 Å². The minimum atomic E-state index is -4.54. The Balaban J connectivity index is 2.03.